The van der Waals surface area contributed by atoms with Gasteiger partial charge in [0.25, 0.3) is 0 Å². The highest BCUT2D eigenvalue weighted by Gasteiger charge is 2.37. The summed E-state index contributed by atoms with van der Waals surface area (Å²) in [5.41, 5.74) is 0.882. The lowest BCUT2D eigenvalue weighted by molar-refractivity contribution is -0.0641. The summed E-state index contributed by atoms with van der Waals surface area (Å²) in [4.78, 5) is 2.59. The number of hydrogen-bond donors (Lipinski definition) is 1. The average Bonchev–Trinajstić information content (AvgIpc) is 2.57. The summed E-state index contributed by atoms with van der Waals surface area (Å²) < 4.78 is 5.87. The van der Waals surface area contributed by atoms with Gasteiger partial charge in [0, 0.05) is 19.1 Å². The molecule has 1 aliphatic carbocycles. The second kappa shape index (κ2) is 7.46. The first-order valence-electron chi connectivity index (χ1n) is 9.62. The van der Waals surface area contributed by atoms with Crippen LogP contribution in [0.3, 0.4) is 0 Å². The normalized spacial score (nSPS) is 24.2. The summed E-state index contributed by atoms with van der Waals surface area (Å²) in [5, 5.41) is 11.5. The van der Waals surface area contributed by atoms with Crippen molar-refractivity contribution in [1.82, 2.24) is 4.90 Å². The van der Waals surface area contributed by atoms with Crippen LogP contribution in [0, 0.1) is 12.3 Å². The van der Waals surface area contributed by atoms with Crippen LogP contribution in [-0.4, -0.2) is 41.3 Å². The largest absolute Gasteiger partial charge is 0.489 e. The van der Waals surface area contributed by atoms with Crippen LogP contribution in [0.2, 0.25) is 5.02 Å². The van der Waals surface area contributed by atoms with Crippen LogP contribution in [-0.2, 0) is 0 Å². The maximum atomic E-state index is 10.9. The Morgan fingerprint density at radius 2 is 1.80 bits per heavy atom. The molecule has 1 saturated heterocycles. The Morgan fingerprint density at radius 3 is 2.44 bits per heavy atom. The molecule has 1 aromatic rings. The highest BCUT2D eigenvalue weighted by atomic mass is 35.5. The van der Waals surface area contributed by atoms with Crippen LogP contribution in [0.15, 0.2) is 18.2 Å². The lowest BCUT2D eigenvalue weighted by Gasteiger charge is -2.45. The molecule has 4 heteroatoms. The van der Waals surface area contributed by atoms with Crippen LogP contribution in [0.1, 0.15) is 57.9 Å². The van der Waals surface area contributed by atoms with Gasteiger partial charge in [0.05, 0.1) is 5.02 Å². The predicted molar refractivity (Wildman–Crippen MR) is 103 cm³/mol. The Hall–Kier alpha value is -0.770. The number of piperidine rings is 1. The Morgan fingerprint density at radius 1 is 1.16 bits per heavy atom. The minimum Gasteiger partial charge on any atom is -0.489 e. The number of nitrogens with zero attached hydrogens (tertiary/aromatic N) is 1. The van der Waals surface area contributed by atoms with E-state index in [1.807, 2.05) is 25.1 Å². The van der Waals surface area contributed by atoms with E-state index >= 15 is 0 Å². The van der Waals surface area contributed by atoms with Gasteiger partial charge in [-0.05, 0) is 68.6 Å². The fourth-order valence-electron chi connectivity index (χ4n) is 4.13. The second-order valence-electron chi connectivity index (χ2n) is 8.88. The van der Waals surface area contributed by atoms with Crippen LogP contribution >= 0.6 is 11.6 Å². The number of aliphatic hydroxyl groups is 1. The first-order valence-corrected chi connectivity index (χ1v) is 10.00. The maximum absolute atomic E-state index is 10.9. The van der Waals surface area contributed by atoms with Crippen molar-refractivity contribution in [3.05, 3.63) is 28.8 Å². The summed E-state index contributed by atoms with van der Waals surface area (Å²) in [6.07, 6.45) is 6.76. The number of hydrogen-bond acceptors (Lipinski definition) is 3. The number of aryl methyl sites for hydroxylation is 1. The van der Waals surface area contributed by atoms with Crippen molar-refractivity contribution < 1.29 is 9.84 Å². The molecule has 1 saturated carbocycles. The van der Waals surface area contributed by atoms with E-state index in [0.29, 0.717) is 28.8 Å². The van der Waals surface area contributed by atoms with E-state index in [4.69, 9.17) is 16.3 Å². The molecule has 1 N–H and O–H groups in total. The minimum absolute atomic E-state index is 0.321. The van der Waals surface area contributed by atoms with Crippen LogP contribution in [0.25, 0.3) is 0 Å². The zero-order valence-electron chi connectivity index (χ0n) is 15.9. The molecule has 1 aromatic carbocycles. The fourth-order valence-corrected chi connectivity index (χ4v) is 4.30. The zero-order valence-corrected chi connectivity index (χ0v) is 16.6. The van der Waals surface area contributed by atoms with Crippen LogP contribution < -0.4 is 4.74 Å². The topological polar surface area (TPSA) is 32.7 Å². The van der Waals surface area contributed by atoms with E-state index in [-0.39, 0.29) is 0 Å². The van der Waals surface area contributed by atoms with Crippen molar-refractivity contribution in [2.75, 3.05) is 19.7 Å². The maximum Gasteiger partial charge on any atom is 0.138 e. The van der Waals surface area contributed by atoms with Gasteiger partial charge in [0.2, 0.25) is 0 Å². The molecule has 3 nitrogen and oxygen atoms in total. The Balaban J connectivity index is 1.50. The molecule has 2 aliphatic rings. The molecule has 0 spiro atoms. The standard InChI is InChI=1S/C21H32ClNO2/c1-16-4-5-18(22)19(14-16)25-15-21(24)10-12-23(13-11-21)17-6-8-20(2,3)9-7-17/h4-5,14,17,24H,6-13,15H2,1-3H3. The van der Waals surface area contributed by atoms with Crippen molar-refractivity contribution in [1.29, 1.82) is 0 Å². The minimum atomic E-state index is -0.739. The summed E-state index contributed by atoms with van der Waals surface area (Å²) in [6, 6.07) is 6.45. The number of benzene rings is 1. The zero-order chi connectivity index (χ0) is 18.1. The SMILES string of the molecule is Cc1ccc(Cl)c(OCC2(O)CCN(C3CCC(C)(C)CC3)CC2)c1. The van der Waals surface area contributed by atoms with Crippen LogP contribution in [0.4, 0.5) is 0 Å². The van der Waals surface area contributed by atoms with Crippen LogP contribution in [0.5, 0.6) is 5.75 Å². The Bertz CT molecular complexity index is 584. The van der Waals surface area contributed by atoms with E-state index in [9.17, 15) is 5.11 Å². The second-order valence-corrected chi connectivity index (χ2v) is 9.29. The first kappa shape index (κ1) is 19.0. The van der Waals surface area contributed by atoms with Gasteiger partial charge in [-0.3, -0.25) is 0 Å². The van der Waals surface area contributed by atoms with E-state index in [0.717, 1.165) is 31.5 Å². The lowest BCUT2D eigenvalue weighted by Crippen LogP contribution is -2.51. The third-order valence-electron chi connectivity index (χ3n) is 6.14. The van der Waals surface area contributed by atoms with E-state index in [2.05, 4.69) is 18.7 Å². The number of ether oxygens (including phenoxy) is 1. The fraction of sp³-hybridized carbons (Fsp3) is 0.714. The van der Waals surface area contributed by atoms with E-state index in [1.165, 1.54) is 25.7 Å². The van der Waals surface area contributed by atoms with Gasteiger partial charge in [0.15, 0.2) is 0 Å². The summed E-state index contributed by atoms with van der Waals surface area (Å²) >= 11 is 6.19. The lowest BCUT2D eigenvalue weighted by atomic mass is 9.75. The molecule has 1 aliphatic heterocycles. The van der Waals surface area contributed by atoms with Crippen molar-refractivity contribution in [2.24, 2.45) is 5.41 Å². The molecule has 0 amide bonds. The number of rotatable bonds is 4. The first-order chi connectivity index (χ1) is 11.8. The molecule has 3 rings (SSSR count). The molecule has 0 radical (unpaired) electrons. The molecule has 0 unspecified atom stereocenters. The number of halogens is 1. The summed E-state index contributed by atoms with van der Waals surface area (Å²) in [7, 11) is 0. The molecule has 140 valence electrons. The molecule has 0 atom stereocenters. The summed E-state index contributed by atoms with van der Waals surface area (Å²) in [6.45, 7) is 9.03. The van der Waals surface area contributed by atoms with Crippen molar-refractivity contribution >= 4 is 11.6 Å². The third-order valence-corrected chi connectivity index (χ3v) is 6.45. The molecule has 0 bridgehead atoms. The number of likely N-dealkylation sites (tertiary alicyclic amines) is 1. The smallest absolute Gasteiger partial charge is 0.138 e. The monoisotopic (exact) mass is 365 g/mol. The van der Waals surface area contributed by atoms with Crippen molar-refractivity contribution in [3.63, 3.8) is 0 Å². The Kier molecular flexibility index (Phi) is 5.67. The van der Waals surface area contributed by atoms with Gasteiger partial charge in [-0.2, -0.15) is 0 Å². The van der Waals surface area contributed by atoms with E-state index in [1.54, 1.807) is 0 Å². The molecular formula is C21H32ClNO2. The molecule has 0 aromatic heterocycles. The van der Waals surface area contributed by atoms with Gasteiger partial charge in [0.1, 0.15) is 18.0 Å². The van der Waals surface area contributed by atoms with Gasteiger partial charge in [-0.25, -0.2) is 0 Å². The predicted octanol–water partition coefficient (Wildman–Crippen LogP) is 4.82. The van der Waals surface area contributed by atoms with Gasteiger partial charge >= 0.3 is 0 Å². The highest BCUT2D eigenvalue weighted by molar-refractivity contribution is 6.32. The van der Waals surface area contributed by atoms with Crippen molar-refractivity contribution in [3.8, 4) is 5.75 Å². The van der Waals surface area contributed by atoms with Crippen molar-refractivity contribution in [2.45, 2.75) is 70.9 Å². The quantitative estimate of drug-likeness (QED) is 0.830. The molecule has 25 heavy (non-hydrogen) atoms. The molecule has 2 fully saturated rings. The molecular weight excluding hydrogens is 334 g/mol. The highest BCUT2D eigenvalue weighted by Crippen LogP contribution is 2.38. The van der Waals surface area contributed by atoms with E-state index < -0.39 is 5.60 Å². The third kappa shape index (κ3) is 4.90. The Labute approximate surface area is 157 Å². The summed E-state index contributed by atoms with van der Waals surface area (Å²) in [5.74, 6) is 0.673. The van der Waals surface area contributed by atoms with Gasteiger partial charge in [-0.1, -0.05) is 31.5 Å². The average molecular weight is 366 g/mol. The molecule has 1 heterocycles. The van der Waals surface area contributed by atoms with Gasteiger partial charge < -0.3 is 14.7 Å². The van der Waals surface area contributed by atoms with Gasteiger partial charge in [-0.15, -0.1) is 0 Å².